The third-order valence-corrected chi connectivity index (χ3v) is 4.58. The van der Waals surface area contributed by atoms with Crippen LogP contribution in [0.25, 0.3) is 11.4 Å². The maximum absolute atomic E-state index is 6.42. The molecule has 3 aromatic rings. The predicted molar refractivity (Wildman–Crippen MR) is 112 cm³/mol. The minimum atomic E-state index is 0.453. The minimum Gasteiger partial charge on any atom is -0.494 e. The first kappa shape index (κ1) is 19.0. The molecule has 0 unspecified atom stereocenters. The molecule has 5 nitrogen and oxygen atoms in total. The number of hydrogen-bond donors (Lipinski definition) is 2. The number of benzene rings is 2. The van der Waals surface area contributed by atoms with E-state index in [1.54, 1.807) is 19.4 Å². The lowest BCUT2D eigenvalue weighted by Gasteiger charge is -2.17. The Kier molecular flexibility index (Phi) is 5.81. The Morgan fingerprint density at radius 1 is 1.19 bits per heavy atom. The van der Waals surface area contributed by atoms with Crippen LogP contribution in [0.2, 0.25) is 5.02 Å². The van der Waals surface area contributed by atoms with Gasteiger partial charge in [-0.05, 0) is 31.5 Å². The second-order valence-corrected chi connectivity index (χ2v) is 6.70. The van der Waals surface area contributed by atoms with Gasteiger partial charge in [0.1, 0.15) is 0 Å². The molecule has 0 bridgehead atoms. The van der Waals surface area contributed by atoms with Crippen molar-refractivity contribution in [3.63, 3.8) is 0 Å². The summed E-state index contributed by atoms with van der Waals surface area (Å²) in [5.41, 5.74) is 11.4. The Bertz CT molecular complexity index is 942. The van der Waals surface area contributed by atoms with Gasteiger partial charge in [0.25, 0.3) is 0 Å². The van der Waals surface area contributed by atoms with Crippen molar-refractivity contribution in [2.75, 3.05) is 24.7 Å². The summed E-state index contributed by atoms with van der Waals surface area (Å²) < 4.78 is 5.54. The number of nitrogens with one attached hydrogen (secondary N) is 1. The fourth-order valence-corrected chi connectivity index (χ4v) is 3.21. The van der Waals surface area contributed by atoms with Gasteiger partial charge in [0.15, 0.2) is 11.6 Å². The molecule has 0 saturated heterocycles. The summed E-state index contributed by atoms with van der Waals surface area (Å²) in [7, 11) is 1.58. The third-order valence-electron chi connectivity index (χ3n) is 4.29. The van der Waals surface area contributed by atoms with Crippen LogP contribution in [0.3, 0.4) is 0 Å². The van der Waals surface area contributed by atoms with Crippen LogP contribution < -0.4 is 15.8 Å². The Labute approximate surface area is 164 Å². The van der Waals surface area contributed by atoms with Crippen molar-refractivity contribution in [2.45, 2.75) is 20.3 Å². The summed E-state index contributed by atoms with van der Waals surface area (Å²) in [4.78, 5) is 9.11. The van der Waals surface area contributed by atoms with E-state index < -0.39 is 0 Å². The number of aryl methyl sites for hydroxylation is 1. The minimum absolute atomic E-state index is 0.453. The van der Waals surface area contributed by atoms with Crippen molar-refractivity contribution >= 4 is 23.0 Å². The maximum atomic E-state index is 6.42. The number of anilines is 2. The van der Waals surface area contributed by atoms with Crippen LogP contribution in [0.15, 0.2) is 42.6 Å². The number of halogens is 1. The van der Waals surface area contributed by atoms with E-state index in [1.807, 2.05) is 13.0 Å². The number of nitrogens with zero attached hydrogens (tertiary/aromatic N) is 2. The highest BCUT2D eigenvalue weighted by molar-refractivity contribution is 6.34. The smallest absolute Gasteiger partial charge is 0.163 e. The zero-order chi connectivity index (χ0) is 19.4. The first-order chi connectivity index (χ1) is 13.0. The number of ether oxygens (including phenoxy) is 1. The molecule has 1 heterocycles. The lowest BCUT2D eigenvalue weighted by Crippen LogP contribution is -2.06. The van der Waals surface area contributed by atoms with Gasteiger partial charge >= 0.3 is 0 Å². The molecule has 6 heteroatoms. The van der Waals surface area contributed by atoms with Crippen molar-refractivity contribution < 1.29 is 4.74 Å². The molecule has 3 rings (SSSR count). The van der Waals surface area contributed by atoms with Gasteiger partial charge in [-0.3, -0.25) is 0 Å². The van der Waals surface area contributed by atoms with E-state index in [-0.39, 0.29) is 0 Å². The molecule has 0 aliphatic heterocycles. The predicted octanol–water partition coefficient (Wildman–Crippen LogP) is 4.72. The molecule has 0 atom stereocenters. The number of aromatic nitrogens is 2. The maximum Gasteiger partial charge on any atom is 0.163 e. The number of hydrogen-bond acceptors (Lipinski definition) is 5. The van der Waals surface area contributed by atoms with Gasteiger partial charge in [-0.15, -0.1) is 0 Å². The summed E-state index contributed by atoms with van der Waals surface area (Å²) in [6.45, 7) is 4.76. The zero-order valence-electron chi connectivity index (χ0n) is 15.7. The van der Waals surface area contributed by atoms with Gasteiger partial charge in [-0.25, -0.2) is 9.97 Å². The Hall–Kier alpha value is -2.79. The van der Waals surface area contributed by atoms with E-state index in [0.29, 0.717) is 40.1 Å². The van der Waals surface area contributed by atoms with Crippen LogP contribution in [0, 0.1) is 6.92 Å². The fraction of sp³-hybridized carbons (Fsp3) is 0.238. The standard InChI is InChI=1S/C21H23ClN4O/c1-4-24-19-17(22)12-16(20(27-3)18(19)23)21-25-10-9-15(26-21)11-14-7-5-13(2)6-8-14/h5-10,12,24H,4,11,23H2,1-3H3. The van der Waals surface area contributed by atoms with Crippen LogP contribution in [-0.4, -0.2) is 23.6 Å². The molecule has 0 radical (unpaired) electrons. The van der Waals surface area contributed by atoms with E-state index in [4.69, 9.17) is 27.1 Å². The molecule has 140 valence electrons. The fourth-order valence-electron chi connectivity index (χ4n) is 2.93. The van der Waals surface area contributed by atoms with Gasteiger partial charge in [0, 0.05) is 24.9 Å². The molecule has 2 aromatic carbocycles. The third kappa shape index (κ3) is 4.14. The van der Waals surface area contributed by atoms with E-state index in [0.717, 1.165) is 12.1 Å². The van der Waals surface area contributed by atoms with Crippen molar-refractivity contribution in [1.29, 1.82) is 0 Å². The van der Waals surface area contributed by atoms with Gasteiger partial charge in [-0.2, -0.15) is 0 Å². The van der Waals surface area contributed by atoms with Crippen molar-refractivity contribution in [3.05, 3.63) is 64.4 Å². The van der Waals surface area contributed by atoms with E-state index in [2.05, 4.69) is 41.5 Å². The summed E-state index contributed by atoms with van der Waals surface area (Å²) in [5, 5.41) is 3.68. The second kappa shape index (κ2) is 8.27. The number of nitrogen functional groups attached to an aromatic ring is 1. The molecule has 0 amide bonds. The lowest BCUT2D eigenvalue weighted by molar-refractivity contribution is 0.418. The van der Waals surface area contributed by atoms with Crippen LogP contribution in [0.4, 0.5) is 11.4 Å². The number of methoxy groups -OCH3 is 1. The molecule has 0 aliphatic carbocycles. The average Bonchev–Trinajstić information content (AvgIpc) is 2.67. The molecule has 0 fully saturated rings. The number of rotatable bonds is 6. The normalized spacial score (nSPS) is 10.7. The van der Waals surface area contributed by atoms with E-state index >= 15 is 0 Å². The largest absolute Gasteiger partial charge is 0.494 e. The van der Waals surface area contributed by atoms with Gasteiger partial charge < -0.3 is 15.8 Å². The van der Waals surface area contributed by atoms with Gasteiger partial charge in [0.05, 0.1) is 29.1 Å². The summed E-state index contributed by atoms with van der Waals surface area (Å²) in [5.74, 6) is 1.05. The molecule has 1 aromatic heterocycles. The molecule has 0 saturated carbocycles. The van der Waals surface area contributed by atoms with Gasteiger partial charge in [0.2, 0.25) is 0 Å². The summed E-state index contributed by atoms with van der Waals surface area (Å²) >= 11 is 6.42. The van der Waals surface area contributed by atoms with Crippen LogP contribution >= 0.6 is 11.6 Å². The van der Waals surface area contributed by atoms with Crippen LogP contribution in [-0.2, 0) is 6.42 Å². The van der Waals surface area contributed by atoms with Crippen molar-refractivity contribution in [3.8, 4) is 17.1 Å². The first-order valence-corrected chi connectivity index (χ1v) is 9.19. The lowest BCUT2D eigenvalue weighted by atomic mass is 10.1. The Morgan fingerprint density at radius 2 is 1.93 bits per heavy atom. The van der Waals surface area contributed by atoms with Gasteiger partial charge in [-0.1, -0.05) is 41.4 Å². The molecular weight excluding hydrogens is 360 g/mol. The van der Waals surface area contributed by atoms with Crippen LogP contribution in [0.5, 0.6) is 5.75 Å². The summed E-state index contributed by atoms with van der Waals surface area (Å²) in [6, 6.07) is 12.1. The topological polar surface area (TPSA) is 73.1 Å². The zero-order valence-corrected chi connectivity index (χ0v) is 16.5. The van der Waals surface area contributed by atoms with E-state index in [1.165, 1.54) is 11.1 Å². The van der Waals surface area contributed by atoms with Crippen LogP contribution in [0.1, 0.15) is 23.7 Å². The Morgan fingerprint density at radius 3 is 2.59 bits per heavy atom. The molecule has 27 heavy (non-hydrogen) atoms. The van der Waals surface area contributed by atoms with Crippen molar-refractivity contribution in [2.24, 2.45) is 0 Å². The average molecular weight is 383 g/mol. The molecule has 0 aliphatic rings. The summed E-state index contributed by atoms with van der Waals surface area (Å²) in [6.07, 6.45) is 2.46. The second-order valence-electron chi connectivity index (χ2n) is 6.29. The monoisotopic (exact) mass is 382 g/mol. The highest BCUT2D eigenvalue weighted by Gasteiger charge is 2.19. The molecule has 3 N–H and O–H groups in total. The molecular formula is C21H23ClN4O. The highest BCUT2D eigenvalue weighted by Crippen LogP contribution is 2.42. The van der Waals surface area contributed by atoms with Crippen molar-refractivity contribution in [1.82, 2.24) is 9.97 Å². The molecule has 0 spiro atoms. The number of nitrogens with two attached hydrogens (primary N) is 1. The Balaban J connectivity index is 2.00. The highest BCUT2D eigenvalue weighted by atomic mass is 35.5. The quantitative estimate of drug-likeness (QED) is 0.603. The SMILES string of the molecule is CCNc1c(Cl)cc(-c2nccc(Cc3ccc(C)cc3)n2)c(OC)c1N. The van der Waals surface area contributed by atoms with E-state index in [9.17, 15) is 0 Å². The first-order valence-electron chi connectivity index (χ1n) is 8.81.